The Labute approximate surface area is 114 Å². The zero-order valence-electron chi connectivity index (χ0n) is 12.2. The van der Waals surface area contributed by atoms with Crippen LogP contribution in [-0.2, 0) is 26.6 Å². The van der Waals surface area contributed by atoms with Gasteiger partial charge < -0.3 is 9.88 Å². The Morgan fingerprint density at radius 1 is 1.26 bits per heavy atom. The summed E-state index contributed by atoms with van der Waals surface area (Å²) in [7, 11) is 1.94. The van der Waals surface area contributed by atoms with Crippen LogP contribution in [0.1, 0.15) is 32.0 Å². The fourth-order valence-corrected chi connectivity index (χ4v) is 1.90. The first-order valence-electron chi connectivity index (χ1n) is 6.65. The molecule has 2 aromatic heterocycles. The van der Waals surface area contributed by atoms with Crippen molar-refractivity contribution in [2.75, 3.05) is 0 Å². The molecule has 5 heteroatoms. The first-order valence-corrected chi connectivity index (χ1v) is 6.65. The molecule has 0 saturated carbocycles. The maximum atomic E-state index is 4.24. The molecule has 0 aliphatic carbocycles. The molecule has 2 rings (SSSR count). The third kappa shape index (κ3) is 4.21. The van der Waals surface area contributed by atoms with Crippen LogP contribution in [0.4, 0.5) is 0 Å². The highest BCUT2D eigenvalue weighted by Crippen LogP contribution is 2.06. The van der Waals surface area contributed by atoms with E-state index in [1.165, 1.54) is 11.3 Å². The lowest BCUT2D eigenvalue weighted by molar-refractivity contribution is 0.415. The highest BCUT2D eigenvalue weighted by molar-refractivity contribution is 5.05. The predicted molar refractivity (Wildman–Crippen MR) is 75.7 cm³/mol. The fraction of sp³-hybridized carbons (Fsp3) is 0.571. The molecule has 0 atom stereocenters. The van der Waals surface area contributed by atoms with Crippen molar-refractivity contribution in [1.29, 1.82) is 0 Å². The minimum absolute atomic E-state index is 0.123. The van der Waals surface area contributed by atoms with Gasteiger partial charge in [-0.25, -0.2) is 4.98 Å². The van der Waals surface area contributed by atoms with E-state index in [9.17, 15) is 0 Å². The molecule has 0 radical (unpaired) electrons. The predicted octanol–water partition coefficient (Wildman–Crippen LogP) is 1.75. The summed E-state index contributed by atoms with van der Waals surface area (Å²) < 4.78 is 4.04. The third-order valence-electron chi connectivity index (χ3n) is 3.00. The number of rotatable bonds is 5. The van der Waals surface area contributed by atoms with Crippen molar-refractivity contribution in [3.05, 3.63) is 36.2 Å². The van der Waals surface area contributed by atoms with Crippen molar-refractivity contribution >= 4 is 0 Å². The van der Waals surface area contributed by atoms with Crippen LogP contribution in [0.5, 0.6) is 0 Å². The van der Waals surface area contributed by atoms with E-state index in [0.29, 0.717) is 0 Å². The number of hydrogen-bond acceptors (Lipinski definition) is 3. The Bertz CT molecular complexity index is 518. The summed E-state index contributed by atoms with van der Waals surface area (Å²) in [6.07, 6.45) is 8.79. The molecule has 0 unspecified atom stereocenters. The van der Waals surface area contributed by atoms with Gasteiger partial charge in [-0.05, 0) is 32.8 Å². The van der Waals surface area contributed by atoms with Gasteiger partial charge in [0.05, 0.1) is 18.2 Å². The van der Waals surface area contributed by atoms with Crippen LogP contribution in [0.3, 0.4) is 0 Å². The van der Waals surface area contributed by atoms with E-state index in [4.69, 9.17) is 0 Å². The molecular weight excluding hydrogens is 238 g/mol. The largest absolute Gasteiger partial charge is 0.333 e. The first kappa shape index (κ1) is 13.8. The topological polar surface area (TPSA) is 47.7 Å². The third-order valence-corrected chi connectivity index (χ3v) is 3.00. The monoisotopic (exact) mass is 261 g/mol. The zero-order chi connectivity index (χ0) is 13.9. The van der Waals surface area contributed by atoms with Crippen molar-refractivity contribution in [2.45, 2.75) is 45.8 Å². The number of aryl methyl sites for hydroxylation is 3. The number of nitrogens with one attached hydrogen (secondary N) is 1. The van der Waals surface area contributed by atoms with Crippen molar-refractivity contribution in [3.63, 3.8) is 0 Å². The summed E-state index contributed by atoms with van der Waals surface area (Å²) >= 11 is 0. The maximum absolute atomic E-state index is 4.24. The average Bonchev–Trinajstić information content (AvgIpc) is 2.91. The van der Waals surface area contributed by atoms with Gasteiger partial charge in [-0.3, -0.25) is 4.68 Å². The summed E-state index contributed by atoms with van der Waals surface area (Å²) in [6.45, 7) is 8.29. The van der Waals surface area contributed by atoms with E-state index >= 15 is 0 Å². The summed E-state index contributed by atoms with van der Waals surface area (Å²) in [5.41, 5.74) is 2.60. The number of imidazole rings is 1. The second-order valence-corrected chi connectivity index (χ2v) is 5.95. The molecule has 0 saturated heterocycles. The van der Waals surface area contributed by atoms with Gasteiger partial charge in [0.2, 0.25) is 0 Å². The molecule has 1 N–H and O–H groups in total. The number of aromatic nitrogens is 4. The fourth-order valence-electron chi connectivity index (χ4n) is 1.90. The van der Waals surface area contributed by atoms with Gasteiger partial charge >= 0.3 is 0 Å². The van der Waals surface area contributed by atoms with Crippen molar-refractivity contribution in [2.24, 2.45) is 7.05 Å². The molecule has 0 aromatic carbocycles. The Balaban J connectivity index is 1.92. The minimum Gasteiger partial charge on any atom is -0.333 e. The van der Waals surface area contributed by atoms with Crippen LogP contribution < -0.4 is 5.32 Å². The van der Waals surface area contributed by atoms with Crippen LogP contribution in [0.25, 0.3) is 0 Å². The molecule has 5 nitrogen and oxygen atoms in total. The Kier molecular flexibility index (Phi) is 4.04. The van der Waals surface area contributed by atoms with E-state index in [1.807, 2.05) is 30.5 Å². The maximum Gasteiger partial charge on any atom is 0.0948 e. The van der Waals surface area contributed by atoms with Gasteiger partial charge in [-0.15, -0.1) is 0 Å². The lowest BCUT2D eigenvalue weighted by Gasteiger charge is -2.20. The molecule has 0 aliphatic heterocycles. The Morgan fingerprint density at radius 2 is 2.05 bits per heavy atom. The number of hydrogen-bond donors (Lipinski definition) is 1. The van der Waals surface area contributed by atoms with Crippen LogP contribution in [-0.4, -0.2) is 24.9 Å². The van der Waals surface area contributed by atoms with Crippen molar-refractivity contribution in [3.8, 4) is 0 Å². The molecule has 104 valence electrons. The summed E-state index contributed by atoms with van der Waals surface area (Å²) in [6, 6.07) is 0. The quantitative estimate of drug-likeness (QED) is 0.892. The molecular formula is C14H23N5. The van der Waals surface area contributed by atoms with E-state index in [0.717, 1.165) is 19.5 Å². The standard InChI is InChI=1S/C14H23N5/c1-14(2,3)16-9-13-8-15-11-19(13)6-5-12-7-17-18(4)10-12/h7-8,10-11,16H,5-6,9H2,1-4H3. The van der Waals surface area contributed by atoms with E-state index in [1.54, 1.807) is 0 Å². The van der Waals surface area contributed by atoms with Crippen molar-refractivity contribution < 1.29 is 0 Å². The van der Waals surface area contributed by atoms with Crippen LogP contribution in [0, 0.1) is 0 Å². The molecule has 0 spiro atoms. The van der Waals surface area contributed by atoms with Crippen molar-refractivity contribution in [1.82, 2.24) is 24.6 Å². The van der Waals surface area contributed by atoms with Gasteiger partial charge in [0.1, 0.15) is 0 Å². The molecule has 0 fully saturated rings. The smallest absolute Gasteiger partial charge is 0.0948 e. The van der Waals surface area contributed by atoms with Gasteiger partial charge in [-0.2, -0.15) is 5.10 Å². The minimum atomic E-state index is 0.123. The first-order chi connectivity index (χ1) is 8.94. The molecule has 0 bridgehead atoms. The van der Waals surface area contributed by atoms with Gasteiger partial charge in [0.15, 0.2) is 0 Å². The summed E-state index contributed by atoms with van der Waals surface area (Å²) in [5, 5.41) is 7.68. The molecule has 2 heterocycles. The Hall–Kier alpha value is -1.62. The summed E-state index contributed by atoms with van der Waals surface area (Å²) in [4.78, 5) is 4.24. The van der Waals surface area contributed by atoms with Crippen LogP contribution in [0.2, 0.25) is 0 Å². The lowest BCUT2D eigenvalue weighted by Crippen LogP contribution is -2.35. The molecule has 0 aliphatic rings. The van der Waals surface area contributed by atoms with E-state index < -0.39 is 0 Å². The highest BCUT2D eigenvalue weighted by atomic mass is 15.2. The highest BCUT2D eigenvalue weighted by Gasteiger charge is 2.10. The second kappa shape index (κ2) is 5.57. The second-order valence-electron chi connectivity index (χ2n) is 5.95. The van der Waals surface area contributed by atoms with Gasteiger partial charge in [-0.1, -0.05) is 0 Å². The molecule has 19 heavy (non-hydrogen) atoms. The Morgan fingerprint density at radius 3 is 2.68 bits per heavy atom. The SMILES string of the molecule is Cn1cc(CCn2cncc2CNC(C)(C)C)cn1. The van der Waals surface area contributed by atoms with Gasteiger partial charge in [0, 0.05) is 38.1 Å². The zero-order valence-corrected chi connectivity index (χ0v) is 12.2. The lowest BCUT2D eigenvalue weighted by atomic mass is 10.1. The normalized spacial score (nSPS) is 12.0. The van der Waals surface area contributed by atoms with E-state index in [2.05, 4.69) is 46.9 Å². The number of nitrogens with zero attached hydrogens (tertiary/aromatic N) is 4. The molecule has 2 aromatic rings. The van der Waals surface area contributed by atoms with Crippen LogP contribution >= 0.6 is 0 Å². The van der Waals surface area contributed by atoms with Crippen LogP contribution in [0.15, 0.2) is 24.9 Å². The van der Waals surface area contributed by atoms with E-state index in [-0.39, 0.29) is 5.54 Å². The average molecular weight is 261 g/mol. The van der Waals surface area contributed by atoms with Gasteiger partial charge in [0.25, 0.3) is 0 Å². The summed E-state index contributed by atoms with van der Waals surface area (Å²) in [5.74, 6) is 0. The molecule has 0 amide bonds.